The Hall–Kier alpha value is -1.39. The highest BCUT2D eigenvalue weighted by Gasteiger charge is 2.17. The van der Waals surface area contributed by atoms with Crippen molar-refractivity contribution < 1.29 is 14.3 Å². The quantitative estimate of drug-likeness (QED) is 0.590. The Morgan fingerprint density at radius 1 is 1.18 bits per heavy atom. The summed E-state index contributed by atoms with van der Waals surface area (Å²) in [6.45, 7) is 13.0. The summed E-state index contributed by atoms with van der Waals surface area (Å²) >= 11 is 0. The SMILES string of the molecule is CC(C)CNCCOCc1ccc(C(=O)OC(C)(C)C)cc1. The van der Waals surface area contributed by atoms with E-state index in [2.05, 4.69) is 19.2 Å². The molecule has 0 saturated carbocycles. The van der Waals surface area contributed by atoms with Crippen LogP contribution in [0.25, 0.3) is 0 Å². The molecule has 0 aliphatic carbocycles. The van der Waals surface area contributed by atoms with Crippen LogP contribution in [0.3, 0.4) is 0 Å². The highest BCUT2D eigenvalue weighted by molar-refractivity contribution is 5.89. The Bertz CT molecular complexity index is 446. The first-order valence-corrected chi connectivity index (χ1v) is 7.88. The van der Waals surface area contributed by atoms with E-state index < -0.39 is 5.60 Å². The molecule has 0 atom stereocenters. The number of rotatable bonds is 8. The van der Waals surface area contributed by atoms with Gasteiger partial charge >= 0.3 is 5.97 Å². The van der Waals surface area contributed by atoms with Crippen LogP contribution in [-0.2, 0) is 16.1 Å². The second-order valence-corrected chi connectivity index (χ2v) is 6.85. The lowest BCUT2D eigenvalue weighted by molar-refractivity contribution is 0.00694. The van der Waals surface area contributed by atoms with Crippen LogP contribution in [-0.4, -0.2) is 31.3 Å². The second-order valence-electron chi connectivity index (χ2n) is 6.85. The number of hydrogen-bond donors (Lipinski definition) is 1. The van der Waals surface area contributed by atoms with E-state index in [1.54, 1.807) is 12.1 Å². The average molecular weight is 307 g/mol. The molecule has 0 aliphatic rings. The standard InChI is InChI=1S/C18H29NO3/c1-14(2)12-19-10-11-21-13-15-6-8-16(9-7-15)17(20)22-18(3,4)5/h6-9,14,19H,10-13H2,1-5H3. The monoisotopic (exact) mass is 307 g/mol. The fraction of sp³-hybridized carbons (Fsp3) is 0.611. The lowest BCUT2D eigenvalue weighted by Crippen LogP contribution is -2.24. The third-order valence-corrected chi connectivity index (χ3v) is 2.83. The van der Waals surface area contributed by atoms with Gasteiger partial charge in [0.1, 0.15) is 5.60 Å². The zero-order valence-corrected chi connectivity index (χ0v) is 14.4. The van der Waals surface area contributed by atoms with Crippen LogP contribution in [0.1, 0.15) is 50.5 Å². The number of ether oxygens (including phenoxy) is 2. The zero-order chi connectivity index (χ0) is 16.6. The van der Waals surface area contributed by atoms with Gasteiger partial charge in [0, 0.05) is 6.54 Å². The third-order valence-electron chi connectivity index (χ3n) is 2.83. The molecule has 0 bridgehead atoms. The minimum absolute atomic E-state index is 0.294. The molecule has 0 amide bonds. The van der Waals surface area contributed by atoms with E-state index in [0.717, 1.165) is 18.7 Å². The molecular weight excluding hydrogens is 278 g/mol. The number of carbonyl (C=O) groups is 1. The number of hydrogen-bond acceptors (Lipinski definition) is 4. The first-order valence-electron chi connectivity index (χ1n) is 7.88. The van der Waals surface area contributed by atoms with Crippen LogP contribution in [0.4, 0.5) is 0 Å². The van der Waals surface area contributed by atoms with Crippen molar-refractivity contribution in [2.24, 2.45) is 5.92 Å². The maximum atomic E-state index is 11.9. The molecule has 1 N–H and O–H groups in total. The minimum atomic E-state index is -0.470. The normalized spacial score (nSPS) is 11.7. The van der Waals surface area contributed by atoms with E-state index >= 15 is 0 Å². The van der Waals surface area contributed by atoms with Gasteiger partial charge in [-0.05, 0) is 50.9 Å². The summed E-state index contributed by atoms with van der Waals surface area (Å²) in [4.78, 5) is 11.9. The number of nitrogens with one attached hydrogen (secondary N) is 1. The van der Waals surface area contributed by atoms with Gasteiger partial charge in [-0.2, -0.15) is 0 Å². The molecule has 0 unspecified atom stereocenters. The third kappa shape index (κ3) is 8.15. The fourth-order valence-corrected chi connectivity index (χ4v) is 1.80. The maximum absolute atomic E-state index is 11.9. The maximum Gasteiger partial charge on any atom is 0.338 e. The van der Waals surface area contributed by atoms with E-state index in [-0.39, 0.29) is 5.97 Å². The lowest BCUT2D eigenvalue weighted by atomic mass is 10.1. The summed E-state index contributed by atoms with van der Waals surface area (Å²) in [7, 11) is 0. The van der Waals surface area contributed by atoms with Gasteiger partial charge in [0.2, 0.25) is 0 Å². The van der Waals surface area contributed by atoms with E-state index in [4.69, 9.17) is 9.47 Å². The van der Waals surface area contributed by atoms with Gasteiger partial charge in [-0.3, -0.25) is 0 Å². The summed E-state index contributed by atoms with van der Waals surface area (Å²) in [6, 6.07) is 7.37. The van der Waals surface area contributed by atoms with Crippen molar-refractivity contribution >= 4 is 5.97 Å². The summed E-state index contributed by atoms with van der Waals surface area (Å²) in [5.41, 5.74) is 1.15. The van der Waals surface area contributed by atoms with E-state index in [9.17, 15) is 4.79 Å². The number of benzene rings is 1. The molecule has 0 saturated heterocycles. The predicted octanol–water partition coefficient (Wildman–Crippen LogP) is 3.40. The molecule has 4 nitrogen and oxygen atoms in total. The topological polar surface area (TPSA) is 47.6 Å². The molecule has 0 radical (unpaired) electrons. The summed E-state index contributed by atoms with van der Waals surface area (Å²) < 4.78 is 10.9. The highest BCUT2D eigenvalue weighted by atomic mass is 16.6. The molecule has 0 aliphatic heterocycles. The predicted molar refractivity (Wildman–Crippen MR) is 89.0 cm³/mol. The van der Waals surface area contributed by atoms with Gasteiger partial charge in [-0.15, -0.1) is 0 Å². The molecule has 1 rings (SSSR count). The Labute approximate surface area is 134 Å². The van der Waals surface area contributed by atoms with E-state index in [0.29, 0.717) is 24.7 Å². The van der Waals surface area contributed by atoms with Gasteiger partial charge in [0.05, 0.1) is 18.8 Å². The van der Waals surface area contributed by atoms with Crippen LogP contribution >= 0.6 is 0 Å². The molecule has 22 heavy (non-hydrogen) atoms. The van der Waals surface area contributed by atoms with E-state index in [1.165, 1.54) is 0 Å². The van der Waals surface area contributed by atoms with Gasteiger partial charge in [-0.1, -0.05) is 26.0 Å². The van der Waals surface area contributed by atoms with Crippen LogP contribution in [0.2, 0.25) is 0 Å². The van der Waals surface area contributed by atoms with Crippen LogP contribution in [0.5, 0.6) is 0 Å². The molecule has 1 aromatic carbocycles. The van der Waals surface area contributed by atoms with Crippen molar-refractivity contribution in [3.05, 3.63) is 35.4 Å². The Morgan fingerprint density at radius 3 is 2.36 bits per heavy atom. The first kappa shape index (κ1) is 18.7. The Balaban J connectivity index is 2.31. The number of carbonyl (C=O) groups excluding carboxylic acids is 1. The second kappa shape index (κ2) is 8.91. The van der Waals surface area contributed by atoms with Gasteiger partial charge in [0.25, 0.3) is 0 Å². The molecule has 124 valence electrons. The molecule has 0 aromatic heterocycles. The molecule has 0 fully saturated rings. The van der Waals surface area contributed by atoms with Crippen LogP contribution < -0.4 is 5.32 Å². The van der Waals surface area contributed by atoms with Crippen molar-refractivity contribution in [2.75, 3.05) is 19.7 Å². The van der Waals surface area contributed by atoms with Crippen molar-refractivity contribution in [2.45, 2.75) is 46.8 Å². The first-order chi connectivity index (χ1) is 10.3. The van der Waals surface area contributed by atoms with Gasteiger partial charge in [0.15, 0.2) is 0 Å². The van der Waals surface area contributed by atoms with Crippen molar-refractivity contribution in [1.29, 1.82) is 0 Å². The van der Waals surface area contributed by atoms with E-state index in [1.807, 2.05) is 32.9 Å². The minimum Gasteiger partial charge on any atom is -0.456 e. The van der Waals surface area contributed by atoms with Crippen molar-refractivity contribution in [3.63, 3.8) is 0 Å². The Morgan fingerprint density at radius 2 is 1.82 bits per heavy atom. The van der Waals surface area contributed by atoms with Gasteiger partial charge < -0.3 is 14.8 Å². The lowest BCUT2D eigenvalue weighted by Gasteiger charge is -2.19. The summed E-state index contributed by atoms with van der Waals surface area (Å²) in [6.07, 6.45) is 0. The zero-order valence-electron chi connectivity index (χ0n) is 14.4. The van der Waals surface area contributed by atoms with Crippen LogP contribution in [0.15, 0.2) is 24.3 Å². The average Bonchev–Trinajstić information content (AvgIpc) is 2.41. The molecule has 4 heteroatoms. The Kier molecular flexibility index (Phi) is 7.56. The molecule has 0 heterocycles. The largest absolute Gasteiger partial charge is 0.456 e. The molecule has 0 spiro atoms. The van der Waals surface area contributed by atoms with Crippen molar-refractivity contribution in [3.8, 4) is 0 Å². The fourth-order valence-electron chi connectivity index (χ4n) is 1.80. The highest BCUT2D eigenvalue weighted by Crippen LogP contribution is 2.13. The molecular formula is C18H29NO3. The smallest absolute Gasteiger partial charge is 0.338 e. The summed E-state index contributed by atoms with van der Waals surface area (Å²) in [5, 5.41) is 3.33. The van der Waals surface area contributed by atoms with Crippen LogP contribution in [0, 0.1) is 5.92 Å². The van der Waals surface area contributed by atoms with Gasteiger partial charge in [-0.25, -0.2) is 4.79 Å². The summed E-state index contributed by atoms with van der Waals surface area (Å²) in [5.74, 6) is 0.359. The number of esters is 1. The van der Waals surface area contributed by atoms with Crippen molar-refractivity contribution in [1.82, 2.24) is 5.32 Å². The molecule has 1 aromatic rings.